The molecule has 5 rings (SSSR count). The summed E-state index contributed by atoms with van der Waals surface area (Å²) < 4.78 is 15.7. The van der Waals surface area contributed by atoms with Crippen LogP contribution in [0.4, 0.5) is 0 Å². The summed E-state index contributed by atoms with van der Waals surface area (Å²) in [4.78, 5) is 0. The van der Waals surface area contributed by atoms with E-state index in [4.69, 9.17) is 14.2 Å². The Balaban J connectivity index is 0.000000239. The number of methoxy groups -OCH3 is 3. The van der Waals surface area contributed by atoms with Gasteiger partial charge in [0, 0.05) is 12.1 Å². The molecule has 3 saturated carbocycles. The van der Waals surface area contributed by atoms with Gasteiger partial charge in [-0.25, -0.2) is 0 Å². The lowest BCUT2D eigenvalue weighted by atomic mass is 9.47. The van der Waals surface area contributed by atoms with E-state index in [0.717, 1.165) is 71.2 Å². The molecule has 0 unspecified atom stereocenters. The van der Waals surface area contributed by atoms with Crippen LogP contribution in [0.15, 0.2) is 29.9 Å². The molecule has 242 valence electrons. The normalized spacial score (nSPS) is 33.9. The van der Waals surface area contributed by atoms with Gasteiger partial charge in [-0.2, -0.15) is 0 Å². The number of rotatable bonds is 9. The quantitative estimate of drug-likeness (QED) is 0.289. The van der Waals surface area contributed by atoms with E-state index in [1.54, 1.807) is 26.9 Å². The predicted octanol–water partition coefficient (Wildman–Crippen LogP) is 10.1. The molecule has 4 aliphatic carbocycles. The van der Waals surface area contributed by atoms with E-state index in [0.29, 0.717) is 10.8 Å². The maximum Gasteiger partial charge on any atom is 0.133 e. The highest BCUT2D eigenvalue weighted by Gasteiger charge is 2.59. The van der Waals surface area contributed by atoms with Crippen molar-refractivity contribution in [1.29, 1.82) is 0 Å². The fourth-order valence-corrected chi connectivity index (χ4v) is 10.0. The second-order valence-corrected chi connectivity index (χ2v) is 15.1. The van der Waals surface area contributed by atoms with Gasteiger partial charge in [0.1, 0.15) is 17.2 Å². The molecule has 0 aliphatic heterocycles. The first-order valence-electron chi connectivity index (χ1n) is 17.3. The highest BCUT2D eigenvalue weighted by atomic mass is 16.5. The minimum atomic E-state index is -0.0766. The minimum absolute atomic E-state index is 0.0766. The number of allylic oxidation sites excluding steroid dienone is 2. The SMILES string of the molecule is C/C=C/c1c(OC)cc(OC)cc1OC.CC(C)CCC[C@@H](C)[C@H]1CC[C@H]2[C@@H]3CC=C4C[C@@H](O)CC[C@]4(C)[C@H]3CC[C@]12C. The van der Waals surface area contributed by atoms with Crippen molar-refractivity contribution >= 4 is 6.08 Å². The molecule has 0 bridgehead atoms. The molecule has 3 fully saturated rings. The Bertz CT molecular complexity index is 1100. The van der Waals surface area contributed by atoms with Gasteiger partial charge < -0.3 is 19.3 Å². The Hall–Kier alpha value is -1.94. The molecule has 0 aromatic heterocycles. The Morgan fingerprint density at radius 3 is 2.21 bits per heavy atom. The van der Waals surface area contributed by atoms with Crippen LogP contribution < -0.4 is 14.2 Å². The first-order chi connectivity index (χ1) is 20.5. The number of hydrogen-bond donors (Lipinski definition) is 1. The van der Waals surface area contributed by atoms with Crippen molar-refractivity contribution in [3.05, 3.63) is 35.4 Å². The Morgan fingerprint density at radius 2 is 1.60 bits per heavy atom. The van der Waals surface area contributed by atoms with Crippen molar-refractivity contribution in [1.82, 2.24) is 0 Å². The second kappa shape index (κ2) is 14.4. The monoisotopic (exact) mass is 594 g/mol. The maximum atomic E-state index is 10.2. The molecule has 1 aromatic carbocycles. The predicted molar refractivity (Wildman–Crippen MR) is 180 cm³/mol. The zero-order valence-electron chi connectivity index (χ0n) is 28.9. The van der Waals surface area contributed by atoms with Crippen molar-refractivity contribution in [3.8, 4) is 17.2 Å². The lowest BCUT2D eigenvalue weighted by Crippen LogP contribution is -2.50. The Morgan fingerprint density at radius 1 is 0.907 bits per heavy atom. The summed E-state index contributed by atoms with van der Waals surface area (Å²) in [6.45, 7) is 14.5. The van der Waals surface area contributed by atoms with Gasteiger partial charge in [0.15, 0.2) is 0 Å². The first-order valence-corrected chi connectivity index (χ1v) is 17.3. The highest BCUT2D eigenvalue weighted by Crippen LogP contribution is 2.67. The number of benzene rings is 1. The van der Waals surface area contributed by atoms with Gasteiger partial charge in [-0.3, -0.25) is 0 Å². The largest absolute Gasteiger partial charge is 0.496 e. The van der Waals surface area contributed by atoms with Gasteiger partial charge in [-0.1, -0.05) is 77.7 Å². The number of hydrogen-bond acceptors (Lipinski definition) is 4. The minimum Gasteiger partial charge on any atom is -0.496 e. The molecule has 4 aliphatic rings. The Labute approximate surface area is 263 Å². The van der Waals surface area contributed by atoms with Gasteiger partial charge >= 0.3 is 0 Å². The second-order valence-electron chi connectivity index (χ2n) is 15.1. The van der Waals surface area contributed by atoms with Crippen molar-refractivity contribution in [2.75, 3.05) is 21.3 Å². The average molecular weight is 595 g/mol. The van der Waals surface area contributed by atoms with Crippen molar-refractivity contribution in [3.63, 3.8) is 0 Å². The molecule has 0 spiro atoms. The van der Waals surface area contributed by atoms with Gasteiger partial charge in [-0.15, -0.1) is 0 Å². The van der Waals surface area contributed by atoms with Crippen LogP contribution in [-0.4, -0.2) is 32.5 Å². The van der Waals surface area contributed by atoms with Crippen LogP contribution in [-0.2, 0) is 0 Å². The summed E-state index contributed by atoms with van der Waals surface area (Å²) >= 11 is 0. The number of fused-ring (bicyclic) bond motifs is 5. The molecule has 8 atom stereocenters. The molecule has 0 amide bonds. The first kappa shape index (κ1) is 33.9. The molecular formula is C39H62O4. The van der Waals surface area contributed by atoms with E-state index >= 15 is 0 Å². The number of aliphatic hydroxyl groups is 1. The maximum absolute atomic E-state index is 10.2. The van der Waals surface area contributed by atoms with Crippen LogP contribution in [0.5, 0.6) is 17.2 Å². The molecular weight excluding hydrogens is 532 g/mol. The molecule has 43 heavy (non-hydrogen) atoms. The summed E-state index contributed by atoms with van der Waals surface area (Å²) in [6, 6.07) is 3.66. The summed E-state index contributed by atoms with van der Waals surface area (Å²) in [5.74, 6) is 7.66. The summed E-state index contributed by atoms with van der Waals surface area (Å²) in [5.41, 5.74) is 3.52. The smallest absolute Gasteiger partial charge is 0.133 e. The number of aliphatic hydroxyl groups excluding tert-OH is 1. The van der Waals surface area contributed by atoms with E-state index in [-0.39, 0.29) is 6.10 Å². The van der Waals surface area contributed by atoms with E-state index in [2.05, 4.69) is 40.7 Å². The van der Waals surface area contributed by atoms with Crippen LogP contribution in [0.25, 0.3) is 6.08 Å². The number of ether oxygens (including phenoxy) is 3. The molecule has 1 N–H and O–H groups in total. The van der Waals surface area contributed by atoms with Crippen LogP contribution >= 0.6 is 0 Å². The van der Waals surface area contributed by atoms with Crippen molar-refractivity contribution < 1.29 is 19.3 Å². The standard InChI is InChI=1S/C27H46O.C12H16O3/c1-18(2)7-6-8-19(3)23-11-12-24-22-10-9-20-17-21(28)13-15-26(20,4)25(22)14-16-27(23,24)5;1-5-6-10-11(14-3)7-9(13-2)8-12(10)15-4/h9,18-19,21-25,28H,6-8,10-17H2,1-5H3;5-8H,1-4H3/b;6-5+/t19-,21+,22+,23-,24+,25+,26+,27-;/m1./s1. The summed E-state index contributed by atoms with van der Waals surface area (Å²) in [6.07, 6.45) is 21.0. The molecule has 0 radical (unpaired) electrons. The van der Waals surface area contributed by atoms with Crippen LogP contribution in [0.1, 0.15) is 118 Å². The molecule has 0 saturated heterocycles. The molecule has 1 aromatic rings. The molecule has 4 nitrogen and oxygen atoms in total. The Kier molecular flexibility index (Phi) is 11.4. The van der Waals surface area contributed by atoms with Gasteiger partial charge in [0.25, 0.3) is 0 Å². The lowest BCUT2D eigenvalue weighted by molar-refractivity contribution is -0.0573. The fraction of sp³-hybridized carbons (Fsp3) is 0.744. The molecule has 4 heteroatoms. The van der Waals surface area contributed by atoms with Crippen LogP contribution in [0.3, 0.4) is 0 Å². The van der Waals surface area contributed by atoms with E-state index in [1.807, 2.05) is 31.2 Å². The third-order valence-corrected chi connectivity index (χ3v) is 12.4. The fourth-order valence-electron chi connectivity index (χ4n) is 10.0. The van der Waals surface area contributed by atoms with E-state index < -0.39 is 0 Å². The zero-order chi connectivity index (χ0) is 31.4. The van der Waals surface area contributed by atoms with Gasteiger partial charge in [0.05, 0.1) is 33.0 Å². The van der Waals surface area contributed by atoms with E-state index in [9.17, 15) is 5.11 Å². The van der Waals surface area contributed by atoms with Crippen LogP contribution in [0, 0.1) is 46.3 Å². The third-order valence-electron chi connectivity index (χ3n) is 12.4. The summed E-state index contributed by atoms with van der Waals surface area (Å²) in [7, 11) is 4.87. The average Bonchev–Trinajstić information content (AvgIpc) is 3.35. The molecule has 0 heterocycles. The van der Waals surface area contributed by atoms with E-state index in [1.165, 1.54) is 57.8 Å². The lowest BCUT2D eigenvalue weighted by Gasteiger charge is -2.58. The highest BCUT2D eigenvalue weighted by molar-refractivity contribution is 5.66. The summed E-state index contributed by atoms with van der Waals surface area (Å²) in [5, 5.41) is 10.2. The van der Waals surface area contributed by atoms with Gasteiger partial charge in [0.2, 0.25) is 0 Å². The van der Waals surface area contributed by atoms with Crippen LogP contribution in [0.2, 0.25) is 0 Å². The van der Waals surface area contributed by atoms with Gasteiger partial charge in [-0.05, 0) is 105 Å². The third kappa shape index (κ3) is 7.00. The van der Waals surface area contributed by atoms with Crippen molar-refractivity contribution in [2.24, 2.45) is 46.3 Å². The zero-order valence-corrected chi connectivity index (χ0v) is 28.9. The topological polar surface area (TPSA) is 47.9 Å². The van der Waals surface area contributed by atoms with Crippen molar-refractivity contribution in [2.45, 2.75) is 118 Å².